The van der Waals surface area contributed by atoms with Crippen LogP contribution in [-0.2, 0) is 6.42 Å². The Labute approximate surface area is 187 Å². The number of amides is 1. The van der Waals surface area contributed by atoms with Crippen molar-refractivity contribution in [3.8, 4) is 0 Å². The summed E-state index contributed by atoms with van der Waals surface area (Å²) >= 11 is 7.69. The highest BCUT2D eigenvalue weighted by Gasteiger charge is 2.22. The van der Waals surface area contributed by atoms with Crippen LogP contribution in [0.1, 0.15) is 36.7 Å². The summed E-state index contributed by atoms with van der Waals surface area (Å²) in [5, 5.41) is 1.30. The highest BCUT2D eigenvalue weighted by Crippen LogP contribution is 2.31. The number of hydrogen-bond donors (Lipinski definition) is 0. The molecule has 0 fully saturated rings. The van der Waals surface area contributed by atoms with Gasteiger partial charge in [-0.05, 0) is 55.4 Å². The molecule has 0 atom stereocenters. The molecule has 156 valence electrons. The first-order valence-corrected chi connectivity index (χ1v) is 10.9. The second-order valence-electron chi connectivity index (χ2n) is 6.65. The number of likely N-dealkylation sites (N-methyl/N-ethyl adjacent to an activating group) is 1. The van der Waals surface area contributed by atoms with Crippen LogP contribution in [0.5, 0.6) is 0 Å². The lowest BCUT2D eigenvalue weighted by Crippen LogP contribution is -2.38. The minimum Gasteiger partial charge on any atom is -0.302 e. The molecule has 0 bridgehead atoms. The molecule has 0 aliphatic carbocycles. The summed E-state index contributed by atoms with van der Waals surface area (Å²) in [7, 11) is 0. The maximum Gasteiger partial charge on any atom is 0.260 e. The Morgan fingerprint density at radius 3 is 2.48 bits per heavy atom. The van der Waals surface area contributed by atoms with Gasteiger partial charge in [-0.15, -0.1) is 12.4 Å². The van der Waals surface area contributed by atoms with Gasteiger partial charge in [0.15, 0.2) is 5.13 Å². The zero-order valence-electron chi connectivity index (χ0n) is 17.0. The predicted octanol–water partition coefficient (Wildman–Crippen LogP) is 5.92. The Morgan fingerprint density at radius 2 is 1.83 bits per heavy atom. The van der Waals surface area contributed by atoms with E-state index in [4.69, 9.17) is 16.6 Å². The maximum atomic E-state index is 13.3. The predicted molar refractivity (Wildman–Crippen MR) is 127 cm³/mol. The Bertz CT molecular complexity index is 956. The molecule has 7 heteroatoms. The molecule has 0 aliphatic rings. The first-order chi connectivity index (χ1) is 13.5. The summed E-state index contributed by atoms with van der Waals surface area (Å²) in [6, 6.07) is 13.4. The average Bonchev–Trinajstić information content (AvgIpc) is 3.13. The van der Waals surface area contributed by atoms with Crippen LogP contribution in [0.2, 0.25) is 5.02 Å². The molecule has 0 spiro atoms. The van der Waals surface area contributed by atoms with Crippen molar-refractivity contribution in [3.63, 3.8) is 0 Å². The van der Waals surface area contributed by atoms with E-state index in [0.717, 1.165) is 41.4 Å². The smallest absolute Gasteiger partial charge is 0.260 e. The maximum absolute atomic E-state index is 13.3. The highest BCUT2D eigenvalue weighted by molar-refractivity contribution is 7.22. The Morgan fingerprint density at radius 1 is 1.07 bits per heavy atom. The SMILES string of the molecule is CCc1ccc2nc(N(CCN(CC)CC)C(=O)c3cccc(Cl)c3)sc2c1.Cl. The number of fused-ring (bicyclic) bond motifs is 1. The van der Waals surface area contributed by atoms with E-state index in [1.807, 2.05) is 12.1 Å². The Kier molecular flexibility index (Phi) is 8.90. The van der Waals surface area contributed by atoms with Crippen LogP contribution in [0.4, 0.5) is 5.13 Å². The van der Waals surface area contributed by atoms with Gasteiger partial charge in [-0.3, -0.25) is 9.69 Å². The Balaban J connectivity index is 0.00000300. The number of anilines is 1. The van der Waals surface area contributed by atoms with Crippen molar-refractivity contribution in [3.05, 3.63) is 58.6 Å². The van der Waals surface area contributed by atoms with E-state index in [-0.39, 0.29) is 18.3 Å². The third kappa shape index (κ3) is 5.70. The summed E-state index contributed by atoms with van der Waals surface area (Å²) in [6.07, 6.45) is 0.982. The number of halogens is 2. The number of aromatic nitrogens is 1. The quantitative estimate of drug-likeness (QED) is 0.426. The molecular formula is C22H27Cl2N3OS. The van der Waals surface area contributed by atoms with Gasteiger partial charge in [0.1, 0.15) is 0 Å². The molecule has 0 saturated heterocycles. The van der Waals surface area contributed by atoms with E-state index < -0.39 is 0 Å². The lowest BCUT2D eigenvalue weighted by atomic mass is 10.2. The molecule has 0 aliphatic heterocycles. The third-order valence-corrected chi connectivity index (χ3v) is 6.21. The van der Waals surface area contributed by atoms with E-state index in [1.165, 1.54) is 5.56 Å². The van der Waals surface area contributed by atoms with Gasteiger partial charge < -0.3 is 4.90 Å². The number of carbonyl (C=O) groups excluding carboxylic acids is 1. The van der Waals surface area contributed by atoms with Gasteiger partial charge in [-0.2, -0.15) is 0 Å². The molecule has 0 N–H and O–H groups in total. The number of carbonyl (C=O) groups is 1. The number of hydrogen-bond acceptors (Lipinski definition) is 4. The summed E-state index contributed by atoms with van der Waals surface area (Å²) < 4.78 is 1.11. The molecule has 1 aromatic heterocycles. The molecule has 4 nitrogen and oxygen atoms in total. The van der Waals surface area contributed by atoms with E-state index >= 15 is 0 Å². The van der Waals surface area contributed by atoms with Gasteiger partial charge >= 0.3 is 0 Å². The number of aryl methyl sites for hydroxylation is 1. The first kappa shape index (κ1) is 23.6. The van der Waals surface area contributed by atoms with Crippen LogP contribution < -0.4 is 4.90 Å². The van der Waals surface area contributed by atoms with Crippen molar-refractivity contribution in [2.75, 3.05) is 31.1 Å². The fraction of sp³-hybridized carbons (Fsp3) is 0.364. The lowest BCUT2D eigenvalue weighted by molar-refractivity contribution is 0.0984. The monoisotopic (exact) mass is 451 g/mol. The number of nitrogens with zero attached hydrogens (tertiary/aromatic N) is 3. The number of benzene rings is 2. The summed E-state index contributed by atoms with van der Waals surface area (Å²) in [5.41, 5.74) is 2.79. The molecule has 0 unspecified atom stereocenters. The molecule has 0 saturated carbocycles. The molecule has 1 heterocycles. The first-order valence-electron chi connectivity index (χ1n) is 9.74. The Hall–Kier alpha value is -1.66. The molecular weight excluding hydrogens is 425 g/mol. The normalized spacial score (nSPS) is 10.9. The lowest BCUT2D eigenvalue weighted by Gasteiger charge is -2.24. The van der Waals surface area contributed by atoms with Crippen molar-refractivity contribution >= 4 is 56.6 Å². The molecule has 29 heavy (non-hydrogen) atoms. The van der Waals surface area contributed by atoms with Gasteiger partial charge in [0, 0.05) is 23.7 Å². The molecule has 2 aromatic carbocycles. The second kappa shape index (κ2) is 10.9. The van der Waals surface area contributed by atoms with Gasteiger partial charge in [-0.25, -0.2) is 4.98 Å². The van der Waals surface area contributed by atoms with Crippen molar-refractivity contribution in [2.45, 2.75) is 27.2 Å². The fourth-order valence-electron chi connectivity index (χ4n) is 3.13. The summed E-state index contributed by atoms with van der Waals surface area (Å²) in [4.78, 5) is 22.2. The zero-order valence-corrected chi connectivity index (χ0v) is 19.4. The van der Waals surface area contributed by atoms with E-state index in [9.17, 15) is 4.79 Å². The van der Waals surface area contributed by atoms with Gasteiger partial charge in [0.05, 0.1) is 10.2 Å². The van der Waals surface area contributed by atoms with Crippen molar-refractivity contribution in [2.24, 2.45) is 0 Å². The van der Waals surface area contributed by atoms with Gasteiger partial charge in [0.25, 0.3) is 5.91 Å². The molecule has 3 aromatic rings. The van der Waals surface area contributed by atoms with Crippen molar-refractivity contribution < 1.29 is 4.79 Å². The van der Waals surface area contributed by atoms with Crippen LogP contribution >= 0.6 is 35.3 Å². The highest BCUT2D eigenvalue weighted by atomic mass is 35.5. The van der Waals surface area contributed by atoms with Crippen LogP contribution in [0, 0.1) is 0 Å². The largest absolute Gasteiger partial charge is 0.302 e. The van der Waals surface area contributed by atoms with Gasteiger partial charge in [-0.1, -0.05) is 55.8 Å². The summed E-state index contributed by atoms with van der Waals surface area (Å²) in [5.74, 6) is -0.0653. The topological polar surface area (TPSA) is 36.4 Å². The van der Waals surface area contributed by atoms with E-state index in [2.05, 4.69) is 37.8 Å². The van der Waals surface area contributed by atoms with Crippen molar-refractivity contribution in [1.82, 2.24) is 9.88 Å². The summed E-state index contributed by atoms with van der Waals surface area (Å²) in [6.45, 7) is 9.71. The van der Waals surface area contributed by atoms with Gasteiger partial charge in [0.2, 0.25) is 0 Å². The molecule has 0 radical (unpaired) electrons. The minimum atomic E-state index is -0.0653. The van der Waals surface area contributed by atoms with Crippen LogP contribution in [-0.4, -0.2) is 42.0 Å². The number of rotatable bonds is 8. The molecule has 1 amide bonds. The second-order valence-corrected chi connectivity index (χ2v) is 8.09. The third-order valence-electron chi connectivity index (χ3n) is 4.93. The van der Waals surface area contributed by atoms with Crippen molar-refractivity contribution in [1.29, 1.82) is 0 Å². The van der Waals surface area contributed by atoms with Crippen LogP contribution in [0.25, 0.3) is 10.2 Å². The van der Waals surface area contributed by atoms with E-state index in [1.54, 1.807) is 34.4 Å². The average molecular weight is 452 g/mol. The minimum absolute atomic E-state index is 0. The van der Waals surface area contributed by atoms with Crippen LogP contribution in [0.3, 0.4) is 0 Å². The van der Waals surface area contributed by atoms with E-state index in [0.29, 0.717) is 17.1 Å². The fourth-order valence-corrected chi connectivity index (χ4v) is 4.38. The molecule has 3 rings (SSSR count). The zero-order chi connectivity index (χ0) is 20.1. The number of thiazole rings is 1. The van der Waals surface area contributed by atoms with Crippen LogP contribution in [0.15, 0.2) is 42.5 Å². The standard InChI is InChI=1S/C22H26ClN3OS.ClH/c1-4-16-10-11-19-20(14-16)28-22(24-19)26(13-12-25(5-2)6-3)21(27)17-8-7-9-18(23)15-17;/h7-11,14-15H,4-6,12-13H2,1-3H3;1H.